The average Bonchev–Trinajstić information content (AvgIpc) is 3.11. The summed E-state index contributed by atoms with van der Waals surface area (Å²) in [6.45, 7) is 0.826. The second-order valence-electron chi connectivity index (χ2n) is 5.31. The van der Waals surface area contributed by atoms with Crippen LogP contribution in [-0.2, 0) is 14.3 Å². The summed E-state index contributed by atoms with van der Waals surface area (Å²) in [5.74, 6) is -1.01. The highest BCUT2D eigenvalue weighted by molar-refractivity contribution is 6.34. The molecule has 0 bridgehead atoms. The van der Waals surface area contributed by atoms with E-state index in [4.69, 9.17) is 9.47 Å². The van der Waals surface area contributed by atoms with Gasteiger partial charge in [-0.15, -0.1) is 0 Å². The third-order valence-corrected chi connectivity index (χ3v) is 3.93. The van der Waals surface area contributed by atoms with E-state index in [-0.39, 0.29) is 18.2 Å². The Morgan fingerprint density at radius 3 is 2.59 bits per heavy atom. The molecule has 1 saturated heterocycles. The quantitative estimate of drug-likeness (QED) is 0.853. The van der Waals surface area contributed by atoms with Gasteiger partial charge in [0.2, 0.25) is 0 Å². The summed E-state index contributed by atoms with van der Waals surface area (Å²) < 4.78 is 10.5. The number of nitrogens with zero attached hydrogens (tertiary/aromatic N) is 1. The molecule has 1 unspecified atom stereocenters. The highest BCUT2D eigenvalue weighted by Gasteiger charge is 2.40. The van der Waals surface area contributed by atoms with Gasteiger partial charge in [-0.25, -0.2) is 0 Å². The fourth-order valence-electron chi connectivity index (χ4n) is 2.74. The van der Waals surface area contributed by atoms with Crippen LogP contribution in [0.15, 0.2) is 30.0 Å². The maximum Gasteiger partial charge on any atom is 0.296 e. The Hall–Kier alpha value is -2.34. The van der Waals surface area contributed by atoms with Crippen LogP contribution < -0.4 is 4.74 Å². The molecule has 1 aromatic carbocycles. The fraction of sp³-hybridized carbons (Fsp3) is 0.375. The highest BCUT2D eigenvalue weighted by atomic mass is 16.5. The Balaban J connectivity index is 1.84. The molecule has 2 heterocycles. The van der Waals surface area contributed by atoms with Crippen molar-refractivity contribution in [3.63, 3.8) is 0 Å². The molecule has 116 valence electrons. The first kappa shape index (κ1) is 14.6. The predicted octanol–water partition coefficient (Wildman–Crippen LogP) is 1.51. The molecule has 1 atom stereocenters. The summed E-state index contributed by atoms with van der Waals surface area (Å²) in [7, 11) is 1.54. The minimum atomic E-state index is -0.661. The van der Waals surface area contributed by atoms with Crippen LogP contribution in [0.1, 0.15) is 18.4 Å². The van der Waals surface area contributed by atoms with E-state index in [1.165, 1.54) is 0 Å². The number of benzene rings is 1. The van der Waals surface area contributed by atoms with Crippen molar-refractivity contribution < 1.29 is 24.2 Å². The topological polar surface area (TPSA) is 76.1 Å². The first-order chi connectivity index (χ1) is 10.6. The molecule has 0 aromatic heterocycles. The number of methoxy groups -OCH3 is 1. The third kappa shape index (κ3) is 2.46. The van der Waals surface area contributed by atoms with E-state index < -0.39 is 17.6 Å². The van der Waals surface area contributed by atoms with Gasteiger partial charge in [0.05, 0.1) is 25.3 Å². The number of hydrogen-bond donors (Lipinski definition) is 1. The van der Waals surface area contributed by atoms with E-state index in [0.29, 0.717) is 17.9 Å². The largest absolute Gasteiger partial charge is 0.502 e. The van der Waals surface area contributed by atoms with Crippen molar-refractivity contribution >= 4 is 17.4 Å². The number of carbonyl (C=O) groups excluding carboxylic acids is 2. The molecular weight excluding hydrogens is 286 g/mol. The van der Waals surface area contributed by atoms with Crippen LogP contribution in [0.5, 0.6) is 5.75 Å². The van der Waals surface area contributed by atoms with E-state index in [9.17, 15) is 14.7 Å². The van der Waals surface area contributed by atoms with E-state index in [1.807, 2.05) is 0 Å². The van der Waals surface area contributed by atoms with Crippen molar-refractivity contribution in [3.05, 3.63) is 35.6 Å². The lowest BCUT2D eigenvalue weighted by atomic mass is 10.1. The van der Waals surface area contributed by atoms with Gasteiger partial charge < -0.3 is 14.6 Å². The molecule has 0 aliphatic carbocycles. The van der Waals surface area contributed by atoms with E-state index >= 15 is 0 Å². The standard InChI is InChI=1S/C16H17NO5/c1-21-11-6-4-10(5-7-11)13-14(18)16(20)17(15(13)19)9-12-3-2-8-22-12/h4-7,12,18H,2-3,8-9H2,1H3. The molecule has 1 N–H and O–H groups in total. The molecule has 22 heavy (non-hydrogen) atoms. The lowest BCUT2D eigenvalue weighted by molar-refractivity contribution is -0.139. The normalized spacial score (nSPS) is 21.9. The number of carbonyl (C=O) groups is 2. The summed E-state index contributed by atoms with van der Waals surface area (Å²) in [5, 5.41) is 10.0. The van der Waals surface area contributed by atoms with Gasteiger partial charge in [-0.05, 0) is 30.5 Å². The van der Waals surface area contributed by atoms with Crippen LogP contribution in [0.4, 0.5) is 0 Å². The molecule has 2 aliphatic heterocycles. The van der Waals surface area contributed by atoms with Gasteiger partial charge >= 0.3 is 0 Å². The lowest BCUT2D eigenvalue weighted by Gasteiger charge is -2.18. The second-order valence-corrected chi connectivity index (χ2v) is 5.31. The zero-order chi connectivity index (χ0) is 15.7. The van der Waals surface area contributed by atoms with Crippen LogP contribution >= 0.6 is 0 Å². The van der Waals surface area contributed by atoms with Crippen molar-refractivity contribution in [1.82, 2.24) is 4.90 Å². The Bertz CT molecular complexity index is 628. The van der Waals surface area contributed by atoms with Crippen molar-refractivity contribution in [2.75, 3.05) is 20.3 Å². The van der Waals surface area contributed by atoms with Crippen LogP contribution in [-0.4, -0.2) is 48.2 Å². The smallest absolute Gasteiger partial charge is 0.296 e. The minimum Gasteiger partial charge on any atom is -0.502 e. The summed E-state index contributed by atoms with van der Waals surface area (Å²) in [6, 6.07) is 6.64. The Labute approximate surface area is 127 Å². The van der Waals surface area contributed by atoms with Crippen molar-refractivity contribution in [1.29, 1.82) is 0 Å². The first-order valence-corrected chi connectivity index (χ1v) is 7.17. The number of aliphatic hydroxyl groups is 1. The average molecular weight is 303 g/mol. The summed E-state index contributed by atoms with van der Waals surface area (Å²) in [4.78, 5) is 25.7. The molecule has 6 heteroatoms. The monoisotopic (exact) mass is 303 g/mol. The van der Waals surface area contributed by atoms with Gasteiger partial charge in [-0.3, -0.25) is 14.5 Å². The van der Waals surface area contributed by atoms with Gasteiger partial charge in [0.25, 0.3) is 11.8 Å². The molecule has 0 radical (unpaired) electrons. The van der Waals surface area contributed by atoms with Gasteiger partial charge in [0, 0.05) is 6.61 Å². The maximum atomic E-state index is 12.5. The predicted molar refractivity (Wildman–Crippen MR) is 78.2 cm³/mol. The SMILES string of the molecule is COc1ccc(C2=C(O)C(=O)N(CC3CCCO3)C2=O)cc1. The molecule has 2 amide bonds. The molecule has 3 rings (SSSR count). The zero-order valence-corrected chi connectivity index (χ0v) is 12.2. The first-order valence-electron chi connectivity index (χ1n) is 7.17. The number of rotatable bonds is 4. The molecule has 1 aromatic rings. The summed E-state index contributed by atoms with van der Waals surface area (Å²) in [6.07, 6.45) is 1.59. The Morgan fingerprint density at radius 1 is 1.27 bits per heavy atom. The van der Waals surface area contributed by atoms with Crippen molar-refractivity contribution in [2.45, 2.75) is 18.9 Å². The van der Waals surface area contributed by atoms with Crippen LogP contribution in [0.2, 0.25) is 0 Å². The van der Waals surface area contributed by atoms with Gasteiger partial charge in [0.1, 0.15) is 5.75 Å². The lowest BCUT2D eigenvalue weighted by Crippen LogP contribution is -2.38. The van der Waals surface area contributed by atoms with E-state index in [0.717, 1.165) is 17.7 Å². The number of imide groups is 1. The van der Waals surface area contributed by atoms with Gasteiger partial charge in [0.15, 0.2) is 5.76 Å². The van der Waals surface area contributed by atoms with Crippen LogP contribution in [0, 0.1) is 0 Å². The summed E-state index contributed by atoms with van der Waals surface area (Å²) in [5.41, 5.74) is 0.525. The van der Waals surface area contributed by atoms with Crippen molar-refractivity contribution in [3.8, 4) is 5.75 Å². The van der Waals surface area contributed by atoms with Crippen LogP contribution in [0.25, 0.3) is 5.57 Å². The van der Waals surface area contributed by atoms with E-state index in [1.54, 1.807) is 31.4 Å². The molecule has 0 saturated carbocycles. The zero-order valence-electron chi connectivity index (χ0n) is 12.2. The minimum absolute atomic E-state index is 0.0330. The number of amides is 2. The molecule has 1 fully saturated rings. The third-order valence-electron chi connectivity index (χ3n) is 3.93. The Kier molecular flexibility index (Phi) is 3.85. The molecule has 6 nitrogen and oxygen atoms in total. The summed E-state index contributed by atoms with van der Waals surface area (Å²) >= 11 is 0. The number of ether oxygens (including phenoxy) is 2. The molecule has 0 spiro atoms. The molecular formula is C16H17NO5. The highest BCUT2D eigenvalue weighted by Crippen LogP contribution is 2.30. The van der Waals surface area contributed by atoms with Crippen molar-refractivity contribution in [2.24, 2.45) is 0 Å². The molecule has 2 aliphatic rings. The maximum absolute atomic E-state index is 12.5. The number of hydrogen-bond acceptors (Lipinski definition) is 5. The Morgan fingerprint density at radius 2 is 2.00 bits per heavy atom. The second kappa shape index (κ2) is 5.81. The van der Waals surface area contributed by atoms with E-state index in [2.05, 4.69) is 0 Å². The van der Waals surface area contributed by atoms with Crippen LogP contribution in [0.3, 0.4) is 0 Å². The van der Waals surface area contributed by atoms with Gasteiger partial charge in [-0.2, -0.15) is 0 Å². The fourth-order valence-corrected chi connectivity index (χ4v) is 2.74. The van der Waals surface area contributed by atoms with Gasteiger partial charge in [-0.1, -0.05) is 12.1 Å². The number of aliphatic hydroxyl groups excluding tert-OH is 1.